The molecule has 0 aromatic carbocycles. The molecule has 0 aliphatic rings. The molecule has 0 aliphatic carbocycles. The van der Waals surface area contributed by atoms with Gasteiger partial charge in [-0.1, -0.05) is 5.16 Å². The molecule has 0 bridgehead atoms. The molecule has 0 radical (unpaired) electrons. The van der Waals surface area contributed by atoms with E-state index in [9.17, 15) is 4.79 Å². The molecule has 0 saturated carbocycles. The van der Waals surface area contributed by atoms with Crippen molar-refractivity contribution in [2.45, 2.75) is 0 Å². The number of anilines is 2. The third-order valence-corrected chi connectivity index (χ3v) is 3.37. The lowest BCUT2D eigenvalue weighted by Crippen LogP contribution is -2.18. The van der Waals surface area contributed by atoms with Gasteiger partial charge in [0, 0.05) is 23.8 Å². The van der Waals surface area contributed by atoms with Crippen LogP contribution in [0.1, 0.15) is 0 Å². The molecule has 20 heavy (non-hydrogen) atoms. The van der Waals surface area contributed by atoms with Crippen LogP contribution in [0.25, 0.3) is 11.1 Å². The Hall–Kier alpha value is -2.67. The lowest BCUT2D eigenvalue weighted by atomic mass is 10.1. The lowest BCUT2D eigenvalue weighted by molar-refractivity contribution is 0.262. The third-order valence-electron chi connectivity index (χ3n) is 2.53. The van der Waals surface area contributed by atoms with Crippen molar-refractivity contribution in [1.29, 1.82) is 0 Å². The van der Waals surface area contributed by atoms with Gasteiger partial charge in [-0.2, -0.15) is 0 Å². The number of carbonyl (C=O) groups is 1. The van der Waals surface area contributed by atoms with Gasteiger partial charge in [0.2, 0.25) is 0 Å². The van der Waals surface area contributed by atoms with E-state index in [2.05, 4.69) is 25.3 Å². The maximum absolute atomic E-state index is 11.7. The van der Waals surface area contributed by atoms with E-state index in [0.29, 0.717) is 5.82 Å². The number of hydrogen-bond donors (Lipinski definition) is 2. The van der Waals surface area contributed by atoms with Crippen molar-refractivity contribution in [1.82, 2.24) is 10.1 Å². The Morgan fingerprint density at radius 2 is 2.00 bits per heavy atom. The number of carbonyl (C=O) groups excluding carboxylic acids is 1. The largest absolute Gasteiger partial charge is 0.363 e. The standard InChI is InChI=1S/C13H10N4O2S/c18-13(15-11-3-6-19-17-11)16-12-7-10(8-20-12)9-1-4-14-5-2-9/h1-8H,(H2,15,16,17,18). The Morgan fingerprint density at radius 3 is 2.75 bits per heavy atom. The summed E-state index contributed by atoms with van der Waals surface area (Å²) in [6.45, 7) is 0. The molecule has 3 heterocycles. The molecule has 6 nitrogen and oxygen atoms in total. The van der Waals surface area contributed by atoms with Crippen molar-refractivity contribution in [3.63, 3.8) is 0 Å². The first-order valence-corrected chi connectivity index (χ1v) is 6.66. The quantitative estimate of drug-likeness (QED) is 0.773. The second-order valence-electron chi connectivity index (χ2n) is 3.90. The topological polar surface area (TPSA) is 80.0 Å². The van der Waals surface area contributed by atoms with Crippen LogP contribution in [0.5, 0.6) is 0 Å². The van der Waals surface area contributed by atoms with Crippen LogP contribution in [0.15, 0.2) is 52.8 Å². The molecule has 0 atom stereocenters. The molecule has 0 spiro atoms. The van der Waals surface area contributed by atoms with E-state index in [1.54, 1.807) is 18.5 Å². The van der Waals surface area contributed by atoms with Gasteiger partial charge in [0.1, 0.15) is 6.26 Å². The van der Waals surface area contributed by atoms with Crippen LogP contribution in [0, 0.1) is 0 Å². The van der Waals surface area contributed by atoms with Crippen molar-refractivity contribution in [2.24, 2.45) is 0 Å². The maximum atomic E-state index is 11.7. The molecule has 0 aliphatic heterocycles. The molecule has 2 amide bonds. The average Bonchev–Trinajstić information content (AvgIpc) is 3.11. The summed E-state index contributed by atoms with van der Waals surface area (Å²) in [4.78, 5) is 15.7. The van der Waals surface area contributed by atoms with Gasteiger partial charge in [-0.3, -0.25) is 15.6 Å². The first-order chi connectivity index (χ1) is 9.81. The molecular weight excluding hydrogens is 276 g/mol. The molecule has 0 saturated heterocycles. The molecular formula is C13H10N4O2S. The number of aromatic nitrogens is 2. The van der Waals surface area contributed by atoms with Crippen molar-refractivity contribution in [2.75, 3.05) is 10.6 Å². The first-order valence-electron chi connectivity index (χ1n) is 5.78. The van der Waals surface area contributed by atoms with Crippen LogP contribution in [-0.4, -0.2) is 16.2 Å². The smallest absolute Gasteiger partial charge is 0.325 e. The van der Waals surface area contributed by atoms with Gasteiger partial charge in [-0.05, 0) is 29.3 Å². The predicted octanol–water partition coefficient (Wildman–Crippen LogP) is 3.44. The Balaban J connectivity index is 1.67. The van der Waals surface area contributed by atoms with Crippen molar-refractivity contribution in [3.8, 4) is 11.1 Å². The van der Waals surface area contributed by atoms with E-state index >= 15 is 0 Å². The molecule has 2 N–H and O–H groups in total. The highest BCUT2D eigenvalue weighted by Gasteiger charge is 2.07. The molecule has 3 aromatic heterocycles. The van der Waals surface area contributed by atoms with Gasteiger partial charge in [0.05, 0.1) is 5.00 Å². The summed E-state index contributed by atoms with van der Waals surface area (Å²) < 4.78 is 4.63. The fourth-order valence-corrected chi connectivity index (χ4v) is 2.44. The highest BCUT2D eigenvalue weighted by Crippen LogP contribution is 2.28. The number of nitrogens with zero attached hydrogens (tertiary/aromatic N) is 2. The zero-order chi connectivity index (χ0) is 13.8. The van der Waals surface area contributed by atoms with Gasteiger partial charge >= 0.3 is 6.03 Å². The summed E-state index contributed by atoms with van der Waals surface area (Å²) in [5.74, 6) is 0.369. The van der Waals surface area contributed by atoms with Gasteiger partial charge in [0.25, 0.3) is 0 Å². The highest BCUT2D eigenvalue weighted by molar-refractivity contribution is 7.14. The number of thiophene rings is 1. The van der Waals surface area contributed by atoms with Crippen molar-refractivity contribution >= 4 is 28.2 Å². The maximum Gasteiger partial charge on any atom is 0.325 e. The summed E-state index contributed by atoms with van der Waals surface area (Å²) in [5.41, 5.74) is 2.09. The second kappa shape index (κ2) is 5.54. The predicted molar refractivity (Wildman–Crippen MR) is 76.7 cm³/mol. The van der Waals surface area contributed by atoms with Crippen LogP contribution >= 0.6 is 11.3 Å². The normalized spacial score (nSPS) is 10.2. The first kappa shape index (κ1) is 12.4. The summed E-state index contributed by atoms with van der Waals surface area (Å²) in [5, 5.41) is 11.6. The number of amides is 2. The summed E-state index contributed by atoms with van der Waals surface area (Å²) >= 11 is 1.45. The Kier molecular flexibility index (Phi) is 3.42. The van der Waals surface area contributed by atoms with Crippen LogP contribution in [-0.2, 0) is 0 Å². The zero-order valence-corrected chi connectivity index (χ0v) is 11.1. The van der Waals surface area contributed by atoms with E-state index in [1.165, 1.54) is 17.6 Å². The number of rotatable bonds is 3. The number of urea groups is 1. The lowest BCUT2D eigenvalue weighted by Gasteiger charge is -2.01. The summed E-state index contributed by atoms with van der Waals surface area (Å²) in [6, 6.07) is 6.95. The molecule has 100 valence electrons. The molecule has 7 heteroatoms. The van der Waals surface area contributed by atoms with E-state index < -0.39 is 0 Å². The molecule has 0 fully saturated rings. The van der Waals surface area contributed by atoms with E-state index in [1.807, 2.05) is 23.6 Å². The van der Waals surface area contributed by atoms with Gasteiger partial charge < -0.3 is 4.52 Å². The Morgan fingerprint density at radius 1 is 1.15 bits per heavy atom. The zero-order valence-electron chi connectivity index (χ0n) is 10.2. The van der Waals surface area contributed by atoms with Gasteiger partial charge in [0.15, 0.2) is 5.82 Å². The van der Waals surface area contributed by atoms with Crippen LogP contribution in [0.2, 0.25) is 0 Å². The fourth-order valence-electron chi connectivity index (χ4n) is 1.63. The van der Waals surface area contributed by atoms with Crippen LogP contribution in [0.4, 0.5) is 15.6 Å². The monoisotopic (exact) mass is 286 g/mol. The minimum Gasteiger partial charge on any atom is -0.363 e. The number of nitrogens with one attached hydrogen (secondary N) is 2. The average molecular weight is 286 g/mol. The third kappa shape index (κ3) is 2.83. The second-order valence-corrected chi connectivity index (χ2v) is 4.81. The summed E-state index contributed by atoms with van der Waals surface area (Å²) in [6.07, 6.45) is 4.86. The van der Waals surface area contributed by atoms with Gasteiger partial charge in [-0.15, -0.1) is 11.3 Å². The Bertz CT molecular complexity index is 694. The summed E-state index contributed by atoms with van der Waals surface area (Å²) in [7, 11) is 0. The van der Waals surface area contributed by atoms with Gasteiger partial charge in [-0.25, -0.2) is 4.79 Å². The fraction of sp³-hybridized carbons (Fsp3) is 0. The van der Waals surface area contributed by atoms with E-state index in [0.717, 1.165) is 16.1 Å². The van der Waals surface area contributed by atoms with E-state index in [-0.39, 0.29) is 6.03 Å². The van der Waals surface area contributed by atoms with Crippen molar-refractivity contribution in [3.05, 3.63) is 48.3 Å². The molecule has 3 aromatic rings. The number of hydrogen-bond acceptors (Lipinski definition) is 5. The van der Waals surface area contributed by atoms with Crippen LogP contribution < -0.4 is 10.6 Å². The number of pyridine rings is 1. The molecule has 0 unspecified atom stereocenters. The van der Waals surface area contributed by atoms with Crippen LogP contribution in [0.3, 0.4) is 0 Å². The minimum absolute atomic E-state index is 0.359. The van der Waals surface area contributed by atoms with Crippen molar-refractivity contribution < 1.29 is 9.32 Å². The van der Waals surface area contributed by atoms with E-state index in [4.69, 9.17) is 0 Å². The Labute approximate surface area is 118 Å². The molecule has 3 rings (SSSR count). The SMILES string of the molecule is O=C(Nc1ccon1)Nc1cc(-c2ccncc2)cs1. The highest BCUT2D eigenvalue weighted by atomic mass is 32.1. The minimum atomic E-state index is -0.359.